The van der Waals surface area contributed by atoms with Crippen LogP contribution in [0.3, 0.4) is 0 Å². The minimum Gasteiger partial charge on any atom is -0.497 e. The molecule has 0 aliphatic carbocycles. The predicted molar refractivity (Wildman–Crippen MR) is 91.6 cm³/mol. The maximum absolute atomic E-state index is 13.0. The molecule has 10 nitrogen and oxygen atoms in total. The van der Waals surface area contributed by atoms with Crippen molar-refractivity contribution in [3.8, 4) is 5.75 Å². The summed E-state index contributed by atoms with van der Waals surface area (Å²) in [5.41, 5.74) is 1.42. The summed E-state index contributed by atoms with van der Waals surface area (Å²) in [6.45, 7) is 1.07. The van der Waals surface area contributed by atoms with E-state index in [9.17, 15) is 21.6 Å². The summed E-state index contributed by atoms with van der Waals surface area (Å²) in [6.07, 6.45) is 0.977. The number of carbonyl (C=O) groups excluding carboxylic acids is 1. The van der Waals surface area contributed by atoms with E-state index in [1.165, 1.54) is 43.8 Å². The van der Waals surface area contributed by atoms with E-state index in [-0.39, 0.29) is 18.0 Å². The van der Waals surface area contributed by atoms with Gasteiger partial charge in [0.1, 0.15) is 11.8 Å². The van der Waals surface area contributed by atoms with Gasteiger partial charge < -0.3 is 4.74 Å². The average Bonchev–Trinajstić information content (AvgIpc) is 2.59. The number of hydrogen-bond acceptors (Lipinski definition) is 7. The summed E-state index contributed by atoms with van der Waals surface area (Å²) in [5, 5.41) is 9.01. The Morgan fingerprint density at radius 1 is 1.15 bits per heavy atom. The zero-order valence-electron chi connectivity index (χ0n) is 14.5. The van der Waals surface area contributed by atoms with Gasteiger partial charge in [-0.15, -0.1) is 0 Å². The summed E-state index contributed by atoms with van der Waals surface area (Å²) in [4.78, 5) is 12.1. The molecule has 0 radical (unpaired) electrons. The Morgan fingerprint density at radius 3 is 2.15 bits per heavy atom. The molecule has 1 fully saturated rings. The number of methoxy groups -OCH3 is 1. The van der Waals surface area contributed by atoms with Gasteiger partial charge in [0.05, 0.1) is 18.3 Å². The van der Waals surface area contributed by atoms with Gasteiger partial charge in [0.15, 0.2) is 0 Å². The van der Waals surface area contributed by atoms with Crippen molar-refractivity contribution in [3.05, 3.63) is 24.3 Å². The van der Waals surface area contributed by atoms with Crippen molar-refractivity contribution in [1.82, 2.24) is 14.1 Å². The molecule has 2 N–H and O–H groups in total. The van der Waals surface area contributed by atoms with Crippen LogP contribution in [0.5, 0.6) is 5.75 Å². The molecule has 146 valence electrons. The summed E-state index contributed by atoms with van der Waals surface area (Å²) in [7, 11) is -6.33. The van der Waals surface area contributed by atoms with E-state index in [2.05, 4.69) is 0 Å². The molecule has 0 unspecified atom stereocenters. The quantitative estimate of drug-likeness (QED) is 0.483. The Hall–Kier alpha value is -1.73. The number of rotatable bonds is 5. The van der Waals surface area contributed by atoms with Crippen molar-refractivity contribution in [2.24, 2.45) is 0 Å². The molecule has 1 saturated heterocycles. The molecule has 1 aromatic rings. The lowest BCUT2D eigenvalue weighted by atomic mass is 10.1. The van der Waals surface area contributed by atoms with E-state index in [1.807, 2.05) is 0 Å². The summed E-state index contributed by atoms with van der Waals surface area (Å²) >= 11 is 0. The van der Waals surface area contributed by atoms with E-state index in [1.54, 1.807) is 0 Å². The minimum absolute atomic E-state index is 0.0750. The molecule has 0 bridgehead atoms. The Labute approximate surface area is 152 Å². The standard InChI is InChI=1S/C14H21N3O7S2/c1-10-13(14(18)15-19)17(9-8-16(10)25(3,20)21)26(22,23)12-6-4-11(24-2)5-7-12/h4-7,10,13,19H,8-9H2,1-3H3,(H,15,18)/t10-,13-/m1/s1. The van der Waals surface area contributed by atoms with Crippen molar-refractivity contribution >= 4 is 26.0 Å². The van der Waals surface area contributed by atoms with Crippen LogP contribution in [-0.4, -0.2) is 75.1 Å². The highest BCUT2D eigenvalue weighted by Crippen LogP contribution is 2.27. The minimum atomic E-state index is -4.11. The van der Waals surface area contributed by atoms with Crippen LogP contribution in [0, 0.1) is 0 Å². The van der Waals surface area contributed by atoms with E-state index in [0.717, 1.165) is 14.9 Å². The molecule has 1 amide bonds. The van der Waals surface area contributed by atoms with E-state index in [0.29, 0.717) is 5.75 Å². The van der Waals surface area contributed by atoms with Crippen molar-refractivity contribution in [2.75, 3.05) is 26.5 Å². The van der Waals surface area contributed by atoms with Crippen LogP contribution in [0.2, 0.25) is 0 Å². The molecule has 0 spiro atoms. The maximum Gasteiger partial charge on any atom is 0.263 e. The number of hydroxylamine groups is 1. The number of amides is 1. The molecule has 1 heterocycles. The first kappa shape index (κ1) is 20.6. The lowest BCUT2D eigenvalue weighted by Crippen LogP contribution is -2.65. The fourth-order valence-corrected chi connectivity index (χ4v) is 5.75. The van der Waals surface area contributed by atoms with Gasteiger partial charge >= 0.3 is 0 Å². The van der Waals surface area contributed by atoms with Gasteiger partial charge in [0, 0.05) is 19.1 Å². The second-order valence-electron chi connectivity index (χ2n) is 5.83. The average molecular weight is 407 g/mol. The Morgan fingerprint density at radius 2 is 1.69 bits per heavy atom. The molecule has 1 aliphatic rings. The Balaban J connectivity index is 2.46. The lowest BCUT2D eigenvalue weighted by molar-refractivity contribution is -0.135. The third-order valence-corrected chi connectivity index (χ3v) is 7.50. The number of nitrogens with zero attached hydrogens (tertiary/aromatic N) is 2. The van der Waals surface area contributed by atoms with E-state index >= 15 is 0 Å². The largest absolute Gasteiger partial charge is 0.497 e. The van der Waals surface area contributed by atoms with E-state index < -0.39 is 38.0 Å². The highest BCUT2D eigenvalue weighted by atomic mass is 32.2. The van der Waals surface area contributed by atoms with E-state index in [4.69, 9.17) is 9.94 Å². The summed E-state index contributed by atoms with van der Waals surface area (Å²) in [6, 6.07) is 3.16. The molecule has 1 aromatic carbocycles. The van der Waals surface area contributed by atoms with Crippen LogP contribution in [0.1, 0.15) is 6.92 Å². The zero-order valence-corrected chi connectivity index (χ0v) is 16.1. The monoisotopic (exact) mass is 407 g/mol. The molecule has 1 aliphatic heterocycles. The smallest absolute Gasteiger partial charge is 0.263 e. The molecular weight excluding hydrogens is 386 g/mol. The SMILES string of the molecule is COc1ccc(S(=O)(=O)N2CCN(S(C)(=O)=O)[C@H](C)[C@@H]2C(=O)NO)cc1. The van der Waals surface area contributed by atoms with Gasteiger partial charge in [-0.05, 0) is 31.2 Å². The molecule has 0 aromatic heterocycles. The second-order valence-corrected chi connectivity index (χ2v) is 9.65. The third kappa shape index (κ3) is 3.83. The Kier molecular flexibility index (Phi) is 5.92. The summed E-state index contributed by atoms with van der Waals surface area (Å²) in [5.74, 6) is -0.549. The predicted octanol–water partition coefficient (Wildman–Crippen LogP) is -0.776. The molecule has 2 atom stereocenters. The first-order valence-corrected chi connectivity index (χ1v) is 10.9. The first-order valence-electron chi connectivity index (χ1n) is 7.60. The molecule has 12 heteroatoms. The number of sulfonamides is 2. The van der Waals surface area contributed by atoms with Crippen LogP contribution in [0.15, 0.2) is 29.2 Å². The molecule has 0 saturated carbocycles. The van der Waals surface area contributed by atoms with Crippen molar-refractivity contribution < 1.29 is 31.6 Å². The first-order chi connectivity index (χ1) is 12.0. The van der Waals surface area contributed by atoms with Gasteiger partial charge in [0.25, 0.3) is 5.91 Å². The molecular formula is C14H21N3O7S2. The number of benzene rings is 1. The number of nitrogens with one attached hydrogen (secondary N) is 1. The summed E-state index contributed by atoms with van der Waals surface area (Å²) < 4.78 is 56.7. The zero-order chi connectivity index (χ0) is 19.7. The van der Waals surface area contributed by atoms with Gasteiger partial charge in [-0.2, -0.15) is 8.61 Å². The highest BCUT2D eigenvalue weighted by Gasteiger charge is 2.47. The van der Waals surface area contributed by atoms with Gasteiger partial charge in [-0.3, -0.25) is 10.0 Å². The van der Waals surface area contributed by atoms with Crippen LogP contribution in [0.25, 0.3) is 0 Å². The molecule has 2 rings (SSSR count). The van der Waals surface area contributed by atoms with Crippen LogP contribution in [-0.2, 0) is 24.8 Å². The fraction of sp³-hybridized carbons (Fsp3) is 0.500. The number of carbonyl (C=O) groups is 1. The van der Waals surface area contributed by atoms with Crippen LogP contribution in [0.4, 0.5) is 0 Å². The lowest BCUT2D eigenvalue weighted by Gasteiger charge is -2.42. The van der Waals surface area contributed by atoms with Gasteiger partial charge in [-0.25, -0.2) is 22.3 Å². The Bertz CT molecular complexity index is 868. The highest BCUT2D eigenvalue weighted by molar-refractivity contribution is 7.89. The fourth-order valence-electron chi connectivity index (χ4n) is 2.97. The van der Waals surface area contributed by atoms with Crippen molar-refractivity contribution in [2.45, 2.75) is 23.9 Å². The number of piperazine rings is 1. The maximum atomic E-state index is 13.0. The van der Waals surface area contributed by atoms with Gasteiger partial charge in [-0.1, -0.05) is 0 Å². The van der Waals surface area contributed by atoms with Crippen molar-refractivity contribution in [1.29, 1.82) is 0 Å². The van der Waals surface area contributed by atoms with Crippen LogP contribution >= 0.6 is 0 Å². The van der Waals surface area contributed by atoms with Crippen molar-refractivity contribution in [3.63, 3.8) is 0 Å². The number of ether oxygens (including phenoxy) is 1. The third-order valence-electron chi connectivity index (χ3n) is 4.23. The van der Waals surface area contributed by atoms with Crippen LogP contribution < -0.4 is 10.2 Å². The number of hydrogen-bond donors (Lipinski definition) is 2. The molecule has 26 heavy (non-hydrogen) atoms. The topological polar surface area (TPSA) is 133 Å². The second kappa shape index (κ2) is 7.48. The van der Waals surface area contributed by atoms with Gasteiger partial charge in [0.2, 0.25) is 20.0 Å². The normalized spacial score (nSPS) is 22.8.